The maximum absolute atomic E-state index is 14.1. The Morgan fingerprint density at radius 1 is 1.19 bits per heavy atom. The average molecular weight is 376 g/mol. The van der Waals surface area contributed by atoms with E-state index in [9.17, 15) is 8.78 Å². The first-order valence-corrected chi connectivity index (χ1v) is 7.68. The van der Waals surface area contributed by atoms with Crippen molar-refractivity contribution in [2.45, 2.75) is 18.7 Å². The summed E-state index contributed by atoms with van der Waals surface area (Å²) in [4.78, 5) is 0. The van der Waals surface area contributed by atoms with Crippen molar-refractivity contribution in [1.29, 1.82) is 0 Å². The largest absolute Gasteiger partial charge is 0.486 e. The maximum Gasteiger partial charge on any atom is 0.306 e. The van der Waals surface area contributed by atoms with Crippen molar-refractivity contribution in [2.75, 3.05) is 6.61 Å². The lowest BCUT2D eigenvalue weighted by Crippen LogP contribution is -2.23. The SMILES string of the molecule is Cc1cc(Br)cc(CCl)c1OCC(F)(F)c1ccccc1. The van der Waals surface area contributed by atoms with Crippen molar-refractivity contribution >= 4 is 27.5 Å². The number of rotatable bonds is 5. The Kier molecular flexibility index (Phi) is 5.22. The molecule has 0 spiro atoms. The topological polar surface area (TPSA) is 9.23 Å². The van der Waals surface area contributed by atoms with Crippen LogP contribution >= 0.6 is 27.5 Å². The fourth-order valence-corrected chi connectivity index (χ4v) is 2.85. The highest BCUT2D eigenvalue weighted by atomic mass is 79.9. The molecule has 5 heteroatoms. The van der Waals surface area contributed by atoms with E-state index in [1.165, 1.54) is 12.1 Å². The van der Waals surface area contributed by atoms with Gasteiger partial charge in [-0.15, -0.1) is 11.6 Å². The highest BCUT2D eigenvalue weighted by molar-refractivity contribution is 9.10. The monoisotopic (exact) mass is 374 g/mol. The van der Waals surface area contributed by atoms with Crippen LogP contribution in [0.2, 0.25) is 0 Å². The molecule has 0 atom stereocenters. The molecule has 1 nitrogen and oxygen atoms in total. The third kappa shape index (κ3) is 3.95. The summed E-state index contributed by atoms with van der Waals surface area (Å²) in [6, 6.07) is 11.2. The maximum atomic E-state index is 14.1. The minimum Gasteiger partial charge on any atom is -0.486 e. The van der Waals surface area contributed by atoms with Gasteiger partial charge >= 0.3 is 5.92 Å². The van der Waals surface area contributed by atoms with Crippen LogP contribution in [0.3, 0.4) is 0 Å². The summed E-state index contributed by atoms with van der Waals surface area (Å²) < 4.78 is 34.5. The Morgan fingerprint density at radius 3 is 2.48 bits per heavy atom. The Morgan fingerprint density at radius 2 is 1.86 bits per heavy atom. The molecule has 0 bridgehead atoms. The lowest BCUT2D eigenvalue weighted by atomic mass is 10.1. The second kappa shape index (κ2) is 6.75. The number of aryl methyl sites for hydroxylation is 1. The van der Waals surface area contributed by atoms with Gasteiger partial charge < -0.3 is 4.74 Å². The predicted molar refractivity (Wildman–Crippen MR) is 84.3 cm³/mol. The second-order valence-electron chi connectivity index (χ2n) is 4.70. The van der Waals surface area contributed by atoms with Crippen molar-refractivity contribution in [3.63, 3.8) is 0 Å². The molecule has 0 saturated carbocycles. The van der Waals surface area contributed by atoms with E-state index in [0.29, 0.717) is 11.3 Å². The summed E-state index contributed by atoms with van der Waals surface area (Å²) in [5.74, 6) is -2.43. The Balaban J connectivity index is 2.20. The van der Waals surface area contributed by atoms with Crippen LogP contribution in [0.25, 0.3) is 0 Å². The van der Waals surface area contributed by atoms with E-state index in [0.717, 1.165) is 10.0 Å². The molecule has 0 fully saturated rings. The van der Waals surface area contributed by atoms with Gasteiger partial charge in [0.2, 0.25) is 0 Å². The molecule has 0 amide bonds. The van der Waals surface area contributed by atoms with E-state index in [1.54, 1.807) is 31.2 Å². The Hall–Kier alpha value is -1.13. The fourth-order valence-electron chi connectivity index (χ4n) is 2.03. The third-order valence-corrected chi connectivity index (χ3v) is 3.80. The van der Waals surface area contributed by atoms with Gasteiger partial charge in [0.15, 0.2) is 6.61 Å². The minimum atomic E-state index is -3.05. The van der Waals surface area contributed by atoms with Gasteiger partial charge in [-0.05, 0) is 24.6 Å². The van der Waals surface area contributed by atoms with Crippen LogP contribution in [-0.2, 0) is 11.8 Å². The normalized spacial score (nSPS) is 11.5. The Bertz CT molecular complexity index is 617. The lowest BCUT2D eigenvalue weighted by molar-refractivity contribution is -0.0470. The van der Waals surface area contributed by atoms with Crippen LogP contribution in [-0.4, -0.2) is 6.61 Å². The number of alkyl halides is 3. The van der Waals surface area contributed by atoms with Crippen molar-refractivity contribution in [3.05, 3.63) is 63.6 Å². The summed E-state index contributed by atoms with van der Waals surface area (Å²) in [5, 5.41) is 0. The summed E-state index contributed by atoms with van der Waals surface area (Å²) in [6.07, 6.45) is 0. The Labute approximate surface area is 136 Å². The van der Waals surface area contributed by atoms with Crippen LogP contribution in [0.15, 0.2) is 46.9 Å². The van der Waals surface area contributed by atoms with Gasteiger partial charge in [-0.1, -0.05) is 46.3 Å². The van der Waals surface area contributed by atoms with Crippen molar-refractivity contribution < 1.29 is 13.5 Å². The van der Waals surface area contributed by atoms with Gasteiger partial charge in [-0.2, -0.15) is 8.78 Å². The molecule has 0 aliphatic carbocycles. The number of hydrogen-bond acceptors (Lipinski definition) is 1. The average Bonchev–Trinajstić information content (AvgIpc) is 2.46. The first-order chi connectivity index (χ1) is 9.94. The zero-order valence-corrected chi connectivity index (χ0v) is 13.7. The minimum absolute atomic E-state index is 0.0628. The van der Waals surface area contributed by atoms with E-state index >= 15 is 0 Å². The molecule has 0 unspecified atom stereocenters. The molecule has 0 aromatic heterocycles. The van der Waals surface area contributed by atoms with Crippen molar-refractivity contribution in [3.8, 4) is 5.75 Å². The fraction of sp³-hybridized carbons (Fsp3) is 0.250. The summed E-state index contributed by atoms with van der Waals surface area (Å²) in [6.45, 7) is 1.08. The third-order valence-electron chi connectivity index (χ3n) is 3.05. The predicted octanol–water partition coefficient (Wildman–Crippen LogP) is 5.67. The summed E-state index contributed by atoms with van der Waals surface area (Å²) in [5.41, 5.74) is 1.39. The summed E-state index contributed by atoms with van der Waals surface area (Å²) >= 11 is 9.21. The van der Waals surface area contributed by atoms with E-state index in [2.05, 4.69) is 15.9 Å². The first-order valence-electron chi connectivity index (χ1n) is 6.35. The zero-order valence-electron chi connectivity index (χ0n) is 11.4. The second-order valence-corrected chi connectivity index (χ2v) is 5.89. The van der Waals surface area contributed by atoms with Gasteiger partial charge in [-0.25, -0.2) is 0 Å². The van der Waals surface area contributed by atoms with Gasteiger partial charge in [-0.3, -0.25) is 0 Å². The van der Waals surface area contributed by atoms with Crippen LogP contribution in [0.5, 0.6) is 5.75 Å². The highest BCUT2D eigenvalue weighted by Gasteiger charge is 2.32. The van der Waals surface area contributed by atoms with E-state index in [-0.39, 0.29) is 11.4 Å². The number of hydrogen-bond donors (Lipinski definition) is 0. The van der Waals surface area contributed by atoms with Crippen LogP contribution in [0.4, 0.5) is 8.78 Å². The standard InChI is InChI=1S/C16H14BrClF2O/c1-11-7-14(17)8-12(9-18)15(11)21-10-16(19,20)13-5-3-2-4-6-13/h2-8H,9-10H2,1H3. The molecule has 2 aromatic carbocycles. The van der Waals surface area contributed by atoms with Gasteiger partial charge in [0.1, 0.15) is 5.75 Å². The van der Waals surface area contributed by atoms with Gasteiger partial charge in [0.25, 0.3) is 0 Å². The van der Waals surface area contributed by atoms with Crippen molar-refractivity contribution in [1.82, 2.24) is 0 Å². The van der Waals surface area contributed by atoms with Gasteiger partial charge in [0, 0.05) is 15.6 Å². The molecule has 0 heterocycles. The smallest absolute Gasteiger partial charge is 0.306 e. The molecule has 0 saturated heterocycles. The lowest BCUT2D eigenvalue weighted by Gasteiger charge is -2.20. The number of ether oxygens (including phenoxy) is 1. The number of benzene rings is 2. The molecule has 21 heavy (non-hydrogen) atoms. The van der Waals surface area contributed by atoms with Crippen molar-refractivity contribution in [2.24, 2.45) is 0 Å². The number of halogens is 4. The molecule has 2 rings (SSSR count). The quantitative estimate of drug-likeness (QED) is 0.612. The van der Waals surface area contributed by atoms with Crippen LogP contribution < -0.4 is 4.74 Å². The molecular formula is C16H14BrClF2O. The van der Waals surface area contributed by atoms with Gasteiger partial charge in [0.05, 0.1) is 5.88 Å². The van der Waals surface area contributed by atoms with E-state index in [4.69, 9.17) is 16.3 Å². The molecule has 0 aliphatic rings. The molecule has 0 aliphatic heterocycles. The molecular weight excluding hydrogens is 362 g/mol. The molecule has 0 N–H and O–H groups in total. The van der Waals surface area contributed by atoms with E-state index < -0.39 is 12.5 Å². The zero-order chi connectivity index (χ0) is 15.5. The summed E-state index contributed by atoms with van der Waals surface area (Å²) in [7, 11) is 0. The molecule has 2 aromatic rings. The molecule has 112 valence electrons. The van der Waals surface area contributed by atoms with E-state index in [1.807, 2.05) is 6.07 Å². The van der Waals surface area contributed by atoms with Crippen LogP contribution in [0, 0.1) is 6.92 Å². The van der Waals surface area contributed by atoms with Crippen LogP contribution in [0.1, 0.15) is 16.7 Å². The highest BCUT2D eigenvalue weighted by Crippen LogP contribution is 2.33. The first kappa shape index (κ1) is 16.2. The molecule has 0 radical (unpaired) electrons.